The van der Waals surface area contributed by atoms with Crippen LogP contribution in [0.1, 0.15) is 36.1 Å². The van der Waals surface area contributed by atoms with Crippen molar-refractivity contribution in [3.05, 3.63) is 40.0 Å². The fraction of sp³-hybridized carbons (Fsp3) is 0.471. The number of aryl methyl sites for hydroxylation is 3. The Morgan fingerprint density at radius 2 is 1.70 bits per heavy atom. The van der Waals surface area contributed by atoms with Gasteiger partial charge in [-0.25, -0.2) is 0 Å². The second-order valence-corrected chi connectivity index (χ2v) is 5.99. The molecule has 1 N–H and O–H groups in total. The van der Waals surface area contributed by atoms with E-state index in [-0.39, 0.29) is 5.91 Å². The molecule has 2 rings (SSSR count). The lowest BCUT2D eigenvalue weighted by molar-refractivity contribution is -0.116. The molecule has 3 heteroatoms. The van der Waals surface area contributed by atoms with Crippen molar-refractivity contribution in [3.8, 4) is 0 Å². The van der Waals surface area contributed by atoms with Gasteiger partial charge in [-0.15, -0.1) is 0 Å². The number of carbonyl (C=O) groups excluding carboxylic acids is 1. The van der Waals surface area contributed by atoms with Crippen LogP contribution in [0.3, 0.4) is 0 Å². The van der Waals surface area contributed by atoms with E-state index in [4.69, 9.17) is 4.74 Å². The van der Waals surface area contributed by atoms with Gasteiger partial charge in [0.05, 0.1) is 12.1 Å². The monoisotopic (exact) mass is 273 g/mol. The van der Waals surface area contributed by atoms with Crippen molar-refractivity contribution >= 4 is 11.5 Å². The van der Waals surface area contributed by atoms with Crippen LogP contribution in [0.5, 0.6) is 0 Å². The fourth-order valence-electron chi connectivity index (χ4n) is 3.16. The minimum absolute atomic E-state index is 0.00268. The Bertz CT molecular complexity index is 578. The summed E-state index contributed by atoms with van der Waals surface area (Å²) in [5.74, 6) is -0.00268. The van der Waals surface area contributed by atoms with Gasteiger partial charge in [-0.3, -0.25) is 4.79 Å². The van der Waals surface area contributed by atoms with Gasteiger partial charge in [0.15, 0.2) is 0 Å². The van der Waals surface area contributed by atoms with Crippen LogP contribution in [-0.4, -0.2) is 25.2 Å². The molecule has 1 amide bonds. The Labute approximate surface area is 121 Å². The third-order valence-corrected chi connectivity index (χ3v) is 4.18. The Kier molecular flexibility index (Phi) is 3.74. The maximum atomic E-state index is 12.4. The molecule has 0 fully saturated rings. The molecule has 108 valence electrons. The summed E-state index contributed by atoms with van der Waals surface area (Å²) in [6.07, 6.45) is 0. The average molecular weight is 273 g/mol. The van der Waals surface area contributed by atoms with Gasteiger partial charge < -0.3 is 10.1 Å². The highest BCUT2D eigenvalue weighted by Crippen LogP contribution is 2.36. The normalized spacial score (nSPS) is 22.4. The summed E-state index contributed by atoms with van der Waals surface area (Å²) in [5, 5.41) is 3.06. The molecule has 1 aromatic carbocycles. The number of amides is 1. The molecular formula is C17H23NO2. The van der Waals surface area contributed by atoms with E-state index in [0.29, 0.717) is 6.61 Å². The minimum Gasteiger partial charge on any atom is -0.382 e. The van der Waals surface area contributed by atoms with E-state index >= 15 is 0 Å². The summed E-state index contributed by atoms with van der Waals surface area (Å²) < 4.78 is 5.26. The highest BCUT2D eigenvalue weighted by molar-refractivity contribution is 6.24. The Balaban J connectivity index is 2.63. The summed E-state index contributed by atoms with van der Waals surface area (Å²) >= 11 is 0. The third kappa shape index (κ3) is 2.27. The van der Waals surface area contributed by atoms with Crippen LogP contribution >= 0.6 is 0 Å². The van der Waals surface area contributed by atoms with E-state index in [0.717, 1.165) is 27.8 Å². The third-order valence-electron chi connectivity index (χ3n) is 4.18. The van der Waals surface area contributed by atoms with Crippen molar-refractivity contribution < 1.29 is 9.53 Å². The fourth-order valence-corrected chi connectivity index (χ4v) is 3.16. The van der Waals surface area contributed by atoms with E-state index < -0.39 is 5.54 Å². The standard InChI is InChI=1S/C17H23NO2/c1-10-7-11(2)14(12(3)8-10)15-13(4)17(5,9-20-6)18-16(15)19/h7-8H,9H2,1-6H3,(H,18,19). The predicted octanol–water partition coefficient (Wildman–Crippen LogP) is 2.92. The van der Waals surface area contributed by atoms with Crippen LogP contribution in [0.4, 0.5) is 0 Å². The number of benzene rings is 1. The first-order valence-corrected chi connectivity index (χ1v) is 6.91. The largest absolute Gasteiger partial charge is 0.382 e. The molecule has 0 radical (unpaired) electrons. The first-order chi connectivity index (χ1) is 9.30. The number of methoxy groups -OCH3 is 1. The number of ether oxygens (including phenoxy) is 1. The lowest BCUT2D eigenvalue weighted by Crippen LogP contribution is -2.45. The van der Waals surface area contributed by atoms with Crippen LogP contribution in [-0.2, 0) is 9.53 Å². The van der Waals surface area contributed by atoms with E-state index in [1.807, 2.05) is 13.8 Å². The zero-order valence-electron chi connectivity index (χ0n) is 13.2. The molecule has 20 heavy (non-hydrogen) atoms. The second-order valence-electron chi connectivity index (χ2n) is 5.99. The summed E-state index contributed by atoms with van der Waals surface area (Å²) in [6, 6.07) is 4.25. The SMILES string of the molecule is COCC1(C)NC(=O)C(c2c(C)cc(C)cc2C)=C1C. The summed E-state index contributed by atoms with van der Waals surface area (Å²) in [5.41, 5.74) is 6.03. The zero-order valence-corrected chi connectivity index (χ0v) is 13.2. The van der Waals surface area contributed by atoms with Gasteiger partial charge in [0, 0.05) is 12.7 Å². The molecule has 1 unspecified atom stereocenters. The molecule has 1 atom stereocenters. The van der Waals surface area contributed by atoms with Gasteiger partial charge in [-0.05, 0) is 56.9 Å². The Morgan fingerprint density at radius 3 is 2.20 bits per heavy atom. The van der Waals surface area contributed by atoms with Gasteiger partial charge in [-0.1, -0.05) is 17.7 Å². The lowest BCUT2D eigenvalue weighted by Gasteiger charge is -2.25. The van der Waals surface area contributed by atoms with Crippen LogP contribution in [0.2, 0.25) is 0 Å². The molecule has 1 aliphatic heterocycles. The van der Waals surface area contributed by atoms with E-state index in [2.05, 4.69) is 38.2 Å². The van der Waals surface area contributed by atoms with Crippen LogP contribution < -0.4 is 5.32 Å². The molecule has 0 spiro atoms. The van der Waals surface area contributed by atoms with Crippen molar-refractivity contribution in [2.75, 3.05) is 13.7 Å². The molecule has 1 aliphatic rings. The predicted molar refractivity (Wildman–Crippen MR) is 81.7 cm³/mol. The van der Waals surface area contributed by atoms with Crippen molar-refractivity contribution in [3.63, 3.8) is 0 Å². The van der Waals surface area contributed by atoms with Crippen molar-refractivity contribution in [1.29, 1.82) is 0 Å². The zero-order chi connectivity index (χ0) is 15.1. The summed E-state index contributed by atoms with van der Waals surface area (Å²) in [4.78, 5) is 12.4. The van der Waals surface area contributed by atoms with E-state index in [9.17, 15) is 4.79 Å². The van der Waals surface area contributed by atoms with Crippen molar-refractivity contribution in [2.45, 2.75) is 40.2 Å². The number of carbonyl (C=O) groups is 1. The molecule has 0 saturated carbocycles. The Morgan fingerprint density at radius 1 is 1.15 bits per heavy atom. The van der Waals surface area contributed by atoms with Crippen LogP contribution in [0.15, 0.2) is 17.7 Å². The summed E-state index contributed by atoms with van der Waals surface area (Å²) in [7, 11) is 1.66. The Hall–Kier alpha value is -1.61. The van der Waals surface area contributed by atoms with Crippen LogP contribution in [0, 0.1) is 20.8 Å². The van der Waals surface area contributed by atoms with Gasteiger partial charge in [-0.2, -0.15) is 0 Å². The first kappa shape index (κ1) is 14.8. The second kappa shape index (κ2) is 5.06. The molecule has 0 aromatic heterocycles. The smallest absolute Gasteiger partial charge is 0.252 e. The maximum absolute atomic E-state index is 12.4. The number of nitrogens with one attached hydrogen (secondary N) is 1. The maximum Gasteiger partial charge on any atom is 0.252 e. The first-order valence-electron chi connectivity index (χ1n) is 6.91. The number of hydrogen-bond donors (Lipinski definition) is 1. The van der Waals surface area contributed by atoms with Crippen LogP contribution in [0.25, 0.3) is 5.57 Å². The molecule has 1 heterocycles. The van der Waals surface area contributed by atoms with Gasteiger partial charge >= 0.3 is 0 Å². The quantitative estimate of drug-likeness (QED) is 0.919. The highest BCUT2D eigenvalue weighted by Gasteiger charge is 2.40. The average Bonchev–Trinajstić information content (AvgIpc) is 2.52. The minimum atomic E-state index is -0.412. The molecule has 0 saturated heterocycles. The molecule has 1 aromatic rings. The molecule has 0 aliphatic carbocycles. The molecule has 0 bridgehead atoms. The molecule has 3 nitrogen and oxygen atoms in total. The summed E-state index contributed by atoms with van der Waals surface area (Å²) in [6.45, 7) is 10.7. The highest BCUT2D eigenvalue weighted by atomic mass is 16.5. The number of rotatable bonds is 3. The number of hydrogen-bond acceptors (Lipinski definition) is 2. The van der Waals surface area contributed by atoms with Gasteiger partial charge in [0.25, 0.3) is 5.91 Å². The lowest BCUT2D eigenvalue weighted by atomic mass is 9.87. The van der Waals surface area contributed by atoms with Crippen molar-refractivity contribution in [2.24, 2.45) is 0 Å². The van der Waals surface area contributed by atoms with Crippen molar-refractivity contribution in [1.82, 2.24) is 5.32 Å². The topological polar surface area (TPSA) is 38.3 Å². The van der Waals surface area contributed by atoms with Gasteiger partial charge in [0.1, 0.15) is 0 Å². The van der Waals surface area contributed by atoms with E-state index in [1.165, 1.54) is 5.56 Å². The van der Waals surface area contributed by atoms with Gasteiger partial charge in [0.2, 0.25) is 0 Å². The molecular weight excluding hydrogens is 250 g/mol. The van der Waals surface area contributed by atoms with E-state index in [1.54, 1.807) is 7.11 Å².